The van der Waals surface area contributed by atoms with Crippen LogP contribution in [0.1, 0.15) is 31.2 Å². The molecule has 1 atom stereocenters. The van der Waals surface area contributed by atoms with Crippen molar-refractivity contribution in [2.24, 2.45) is 5.41 Å². The van der Waals surface area contributed by atoms with Gasteiger partial charge in [0.05, 0.1) is 18.4 Å². The topological polar surface area (TPSA) is 49.9 Å². The van der Waals surface area contributed by atoms with Crippen LogP contribution < -0.4 is 0 Å². The fourth-order valence-electron chi connectivity index (χ4n) is 4.09. The van der Waals surface area contributed by atoms with Crippen LogP contribution in [-0.4, -0.2) is 61.5 Å². The minimum Gasteiger partial charge on any atom is -0.384 e. The average Bonchev–Trinajstić information content (AvgIpc) is 3.07. The van der Waals surface area contributed by atoms with E-state index in [1.807, 2.05) is 28.0 Å². The van der Waals surface area contributed by atoms with Crippen LogP contribution in [0.15, 0.2) is 30.3 Å². The van der Waals surface area contributed by atoms with E-state index in [1.165, 1.54) is 5.56 Å². The summed E-state index contributed by atoms with van der Waals surface area (Å²) in [6.45, 7) is 3.32. The molecule has 0 radical (unpaired) electrons. The van der Waals surface area contributed by atoms with Crippen molar-refractivity contribution in [1.29, 1.82) is 0 Å². The number of hydrogen-bond acceptors (Lipinski definition) is 3. The van der Waals surface area contributed by atoms with Gasteiger partial charge < -0.3 is 14.5 Å². The number of amides is 2. The first kappa shape index (κ1) is 17.9. The van der Waals surface area contributed by atoms with Crippen LogP contribution in [-0.2, 0) is 20.7 Å². The Hall–Kier alpha value is -1.88. The zero-order valence-corrected chi connectivity index (χ0v) is 15.1. The normalized spacial score (nSPS) is 23.5. The van der Waals surface area contributed by atoms with Crippen LogP contribution in [0.4, 0.5) is 0 Å². The van der Waals surface area contributed by atoms with Gasteiger partial charge in [-0.25, -0.2) is 0 Å². The Morgan fingerprint density at radius 1 is 1.20 bits per heavy atom. The molecule has 0 aromatic heterocycles. The number of rotatable bonds is 6. The summed E-state index contributed by atoms with van der Waals surface area (Å²) in [6.07, 6.45) is 4.02. The lowest BCUT2D eigenvalue weighted by molar-refractivity contribution is -0.146. The minimum atomic E-state index is -0.350. The molecule has 0 aliphatic carbocycles. The third-order valence-electron chi connectivity index (χ3n) is 5.56. The fraction of sp³-hybridized carbons (Fsp3) is 0.600. The molecule has 0 saturated carbocycles. The van der Waals surface area contributed by atoms with E-state index < -0.39 is 0 Å². The molecule has 1 spiro atoms. The number of hydrogen-bond donors (Lipinski definition) is 0. The first-order valence-corrected chi connectivity index (χ1v) is 9.25. The number of carbonyl (C=O) groups excluding carboxylic acids is 2. The molecule has 2 amide bonds. The van der Waals surface area contributed by atoms with Gasteiger partial charge in [0.15, 0.2) is 0 Å². The molecule has 5 nitrogen and oxygen atoms in total. The van der Waals surface area contributed by atoms with Crippen LogP contribution in [0.5, 0.6) is 0 Å². The van der Waals surface area contributed by atoms with Gasteiger partial charge in [-0.2, -0.15) is 0 Å². The molecule has 0 N–H and O–H groups in total. The summed E-state index contributed by atoms with van der Waals surface area (Å²) in [5.74, 6) is 0.352. The van der Waals surface area contributed by atoms with Crippen LogP contribution in [0.25, 0.3) is 0 Å². The van der Waals surface area contributed by atoms with Gasteiger partial charge in [-0.3, -0.25) is 9.59 Å². The minimum absolute atomic E-state index is 0.105. The van der Waals surface area contributed by atoms with E-state index in [4.69, 9.17) is 4.74 Å². The van der Waals surface area contributed by atoms with Gasteiger partial charge in [-0.15, -0.1) is 0 Å². The lowest BCUT2D eigenvalue weighted by Gasteiger charge is -2.39. The lowest BCUT2D eigenvalue weighted by Crippen LogP contribution is -2.50. The van der Waals surface area contributed by atoms with Gasteiger partial charge in [0.2, 0.25) is 11.8 Å². The number of piperidine rings is 1. The van der Waals surface area contributed by atoms with E-state index in [1.54, 1.807) is 7.11 Å². The predicted molar refractivity (Wildman–Crippen MR) is 96.1 cm³/mol. The Morgan fingerprint density at radius 2 is 2.00 bits per heavy atom. The van der Waals surface area contributed by atoms with Crippen molar-refractivity contribution in [2.45, 2.75) is 32.1 Å². The van der Waals surface area contributed by atoms with Gasteiger partial charge in [0.1, 0.15) is 0 Å². The molecule has 25 heavy (non-hydrogen) atoms. The maximum atomic E-state index is 13.1. The highest BCUT2D eigenvalue weighted by molar-refractivity contribution is 5.86. The summed E-state index contributed by atoms with van der Waals surface area (Å²) in [6, 6.07) is 10.3. The largest absolute Gasteiger partial charge is 0.384 e. The standard InChI is InChI=1S/C20H28N2O3/c1-25-15-9-18(23)22-14-11-20(16-22)10-5-12-21(19(20)24)13-8-17-6-3-2-4-7-17/h2-4,6-7H,5,8-16H2,1H3/t20-/m1/s1. The van der Waals surface area contributed by atoms with Crippen molar-refractivity contribution in [3.05, 3.63) is 35.9 Å². The Labute approximate surface area is 149 Å². The number of likely N-dealkylation sites (tertiary alicyclic amines) is 2. The molecule has 0 bridgehead atoms. The van der Waals surface area contributed by atoms with Gasteiger partial charge in [-0.05, 0) is 31.2 Å². The molecule has 1 aromatic carbocycles. The van der Waals surface area contributed by atoms with E-state index in [9.17, 15) is 9.59 Å². The molecule has 0 unspecified atom stereocenters. The van der Waals surface area contributed by atoms with E-state index >= 15 is 0 Å². The first-order valence-electron chi connectivity index (χ1n) is 9.25. The summed E-state index contributed by atoms with van der Waals surface area (Å²) < 4.78 is 5.00. The van der Waals surface area contributed by atoms with Crippen LogP contribution in [0, 0.1) is 5.41 Å². The number of carbonyl (C=O) groups is 2. The van der Waals surface area contributed by atoms with Crippen LogP contribution >= 0.6 is 0 Å². The Balaban J connectivity index is 1.59. The Kier molecular flexibility index (Phi) is 5.74. The van der Waals surface area contributed by atoms with Gasteiger partial charge in [-0.1, -0.05) is 30.3 Å². The van der Waals surface area contributed by atoms with Crippen molar-refractivity contribution < 1.29 is 14.3 Å². The zero-order valence-electron chi connectivity index (χ0n) is 15.1. The fourth-order valence-corrected chi connectivity index (χ4v) is 4.09. The van der Waals surface area contributed by atoms with Gasteiger partial charge in [0.25, 0.3) is 0 Å². The monoisotopic (exact) mass is 344 g/mol. The summed E-state index contributed by atoms with van der Waals surface area (Å²) in [5, 5.41) is 0. The van der Waals surface area contributed by atoms with Crippen molar-refractivity contribution >= 4 is 11.8 Å². The van der Waals surface area contributed by atoms with Crippen LogP contribution in [0.2, 0.25) is 0 Å². The molecule has 1 aromatic rings. The Morgan fingerprint density at radius 3 is 2.76 bits per heavy atom. The van der Waals surface area contributed by atoms with Gasteiger partial charge >= 0.3 is 0 Å². The molecule has 5 heteroatoms. The maximum Gasteiger partial charge on any atom is 0.230 e. The summed E-state index contributed by atoms with van der Waals surface area (Å²) in [4.78, 5) is 29.2. The van der Waals surface area contributed by atoms with Gasteiger partial charge in [0, 0.05) is 33.3 Å². The maximum absolute atomic E-state index is 13.1. The molecular weight excluding hydrogens is 316 g/mol. The van der Waals surface area contributed by atoms with Crippen molar-refractivity contribution in [3.63, 3.8) is 0 Å². The Bertz CT molecular complexity index is 604. The third kappa shape index (κ3) is 4.03. The quantitative estimate of drug-likeness (QED) is 0.794. The molecule has 2 fully saturated rings. The summed E-state index contributed by atoms with van der Waals surface area (Å²) in [5.41, 5.74) is 0.912. The molecule has 2 aliphatic heterocycles. The number of nitrogens with zero attached hydrogens (tertiary/aromatic N) is 2. The highest BCUT2D eigenvalue weighted by atomic mass is 16.5. The van der Waals surface area contributed by atoms with Crippen molar-refractivity contribution in [3.8, 4) is 0 Å². The third-order valence-corrected chi connectivity index (χ3v) is 5.56. The first-order chi connectivity index (χ1) is 12.1. The second-order valence-electron chi connectivity index (χ2n) is 7.22. The summed E-state index contributed by atoms with van der Waals surface area (Å²) >= 11 is 0. The number of benzene rings is 1. The number of ether oxygens (including phenoxy) is 1. The smallest absolute Gasteiger partial charge is 0.230 e. The average molecular weight is 344 g/mol. The van der Waals surface area contributed by atoms with E-state index in [0.717, 1.165) is 38.8 Å². The number of methoxy groups -OCH3 is 1. The van der Waals surface area contributed by atoms with Crippen molar-refractivity contribution in [1.82, 2.24) is 9.80 Å². The summed E-state index contributed by atoms with van der Waals surface area (Å²) in [7, 11) is 1.61. The SMILES string of the molecule is COCCC(=O)N1CC[C@]2(CCCN(CCc3ccccc3)C2=O)C1. The molecular formula is C20H28N2O3. The van der Waals surface area contributed by atoms with Crippen LogP contribution in [0.3, 0.4) is 0 Å². The molecule has 2 saturated heterocycles. The lowest BCUT2D eigenvalue weighted by atomic mass is 9.78. The van der Waals surface area contributed by atoms with E-state index in [-0.39, 0.29) is 17.2 Å². The van der Waals surface area contributed by atoms with E-state index in [0.29, 0.717) is 26.1 Å². The molecule has 2 heterocycles. The van der Waals surface area contributed by atoms with E-state index in [2.05, 4.69) is 12.1 Å². The zero-order chi connectivity index (χ0) is 17.7. The highest BCUT2D eigenvalue weighted by Crippen LogP contribution is 2.40. The molecule has 2 aliphatic rings. The predicted octanol–water partition coefficient (Wildman–Crippen LogP) is 2.11. The molecule has 3 rings (SSSR count). The van der Waals surface area contributed by atoms with Crippen molar-refractivity contribution in [2.75, 3.05) is 39.9 Å². The molecule has 136 valence electrons. The second-order valence-corrected chi connectivity index (χ2v) is 7.22. The second kappa shape index (κ2) is 8.00. The highest BCUT2D eigenvalue weighted by Gasteiger charge is 2.49.